The standard InChI is InChI=1S/C24H33N3O4.ClH/c1-3-21-19(13-17-14-25-15-22(28)27(17)21)23(29)26-9-7-24(8-10-26)20-5-4-18(30-2)12-16(20)6-11-31-24;/h4-5,12,17,19,21,25H,3,6-11,13-15H2,1-2H3;1H/t17-,19-,21-;/m1./s1. The molecule has 3 atom stereocenters. The maximum atomic E-state index is 13.5. The number of hydrogen-bond acceptors (Lipinski definition) is 5. The highest BCUT2D eigenvalue weighted by Crippen LogP contribution is 2.43. The van der Waals surface area contributed by atoms with Crippen molar-refractivity contribution in [2.75, 3.05) is 39.9 Å². The molecule has 4 aliphatic rings. The molecule has 4 aliphatic heterocycles. The number of halogens is 1. The number of hydrogen-bond donors (Lipinski definition) is 1. The van der Waals surface area contributed by atoms with Crippen LogP contribution in [0.5, 0.6) is 5.75 Å². The molecule has 8 heteroatoms. The zero-order chi connectivity index (χ0) is 21.6. The molecule has 176 valence electrons. The molecule has 0 saturated carbocycles. The van der Waals surface area contributed by atoms with E-state index in [2.05, 4.69) is 24.4 Å². The third-order valence-corrected chi connectivity index (χ3v) is 7.86. The molecule has 7 nitrogen and oxygen atoms in total. The zero-order valence-corrected chi connectivity index (χ0v) is 19.8. The summed E-state index contributed by atoms with van der Waals surface area (Å²) in [5.41, 5.74) is 2.26. The fourth-order valence-electron chi connectivity index (χ4n) is 6.30. The lowest BCUT2D eigenvalue weighted by Gasteiger charge is -2.45. The molecule has 1 aromatic rings. The van der Waals surface area contributed by atoms with Gasteiger partial charge in [-0.2, -0.15) is 0 Å². The van der Waals surface area contributed by atoms with Crippen molar-refractivity contribution in [1.29, 1.82) is 0 Å². The van der Waals surface area contributed by atoms with Gasteiger partial charge < -0.3 is 24.6 Å². The number of piperazine rings is 1. The Morgan fingerprint density at radius 1 is 1.31 bits per heavy atom. The largest absolute Gasteiger partial charge is 0.497 e. The first-order valence-corrected chi connectivity index (χ1v) is 11.7. The van der Waals surface area contributed by atoms with Crippen LogP contribution in [0, 0.1) is 5.92 Å². The molecule has 5 rings (SSSR count). The van der Waals surface area contributed by atoms with E-state index in [0.29, 0.717) is 26.2 Å². The van der Waals surface area contributed by atoms with Gasteiger partial charge >= 0.3 is 0 Å². The van der Waals surface area contributed by atoms with Gasteiger partial charge in [0.2, 0.25) is 11.8 Å². The van der Waals surface area contributed by atoms with Crippen LogP contribution < -0.4 is 10.1 Å². The van der Waals surface area contributed by atoms with E-state index >= 15 is 0 Å². The fourth-order valence-corrected chi connectivity index (χ4v) is 6.30. The third-order valence-electron chi connectivity index (χ3n) is 7.86. The molecule has 4 heterocycles. The molecule has 0 radical (unpaired) electrons. The van der Waals surface area contributed by atoms with Gasteiger partial charge in [0, 0.05) is 31.7 Å². The van der Waals surface area contributed by atoms with Crippen molar-refractivity contribution in [3.05, 3.63) is 29.3 Å². The second-order valence-electron chi connectivity index (χ2n) is 9.34. The highest BCUT2D eigenvalue weighted by atomic mass is 35.5. The third kappa shape index (κ3) is 3.78. The van der Waals surface area contributed by atoms with E-state index in [1.165, 1.54) is 11.1 Å². The summed E-state index contributed by atoms with van der Waals surface area (Å²) in [6.45, 7) is 5.39. The predicted octanol–water partition coefficient (Wildman–Crippen LogP) is 2.11. The Hall–Kier alpha value is -1.83. The highest BCUT2D eigenvalue weighted by Gasteiger charge is 2.49. The predicted molar refractivity (Wildman–Crippen MR) is 123 cm³/mol. The van der Waals surface area contributed by atoms with E-state index in [1.54, 1.807) is 7.11 Å². The second kappa shape index (κ2) is 9.20. The van der Waals surface area contributed by atoms with Crippen LogP contribution in [0.15, 0.2) is 18.2 Å². The van der Waals surface area contributed by atoms with Crippen molar-refractivity contribution < 1.29 is 19.1 Å². The first-order valence-electron chi connectivity index (χ1n) is 11.7. The van der Waals surface area contributed by atoms with Crippen molar-refractivity contribution in [3.63, 3.8) is 0 Å². The Balaban J connectivity index is 0.00000245. The van der Waals surface area contributed by atoms with Crippen LogP contribution in [0.25, 0.3) is 0 Å². The first kappa shape index (κ1) is 23.3. The van der Waals surface area contributed by atoms with Crippen LogP contribution >= 0.6 is 12.4 Å². The molecule has 0 unspecified atom stereocenters. The van der Waals surface area contributed by atoms with E-state index in [1.807, 2.05) is 15.9 Å². The lowest BCUT2D eigenvalue weighted by Crippen LogP contribution is -2.55. The van der Waals surface area contributed by atoms with Gasteiger partial charge in [0.05, 0.1) is 31.8 Å². The molecule has 32 heavy (non-hydrogen) atoms. The zero-order valence-electron chi connectivity index (χ0n) is 19.0. The lowest BCUT2D eigenvalue weighted by molar-refractivity contribution is -0.146. The number of fused-ring (bicyclic) bond motifs is 3. The topological polar surface area (TPSA) is 71.1 Å². The van der Waals surface area contributed by atoms with E-state index < -0.39 is 0 Å². The van der Waals surface area contributed by atoms with Crippen molar-refractivity contribution in [2.45, 2.75) is 56.7 Å². The number of piperidine rings is 1. The van der Waals surface area contributed by atoms with Crippen molar-refractivity contribution in [2.24, 2.45) is 5.92 Å². The summed E-state index contributed by atoms with van der Waals surface area (Å²) in [5, 5.41) is 3.20. The number of amides is 2. The SMILES string of the molecule is CC[C@@H]1[C@H](C(=O)N2CCC3(CC2)OCCc2cc(OC)ccc23)C[C@@H]2CNCC(=O)N21.Cl. The van der Waals surface area contributed by atoms with Crippen molar-refractivity contribution >= 4 is 24.2 Å². The van der Waals surface area contributed by atoms with Crippen LogP contribution in [0.2, 0.25) is 0 Å². The highest BCUT2D eigenvalue weighted by molar-refractivity contribution is 5.85. The van der Waals surface area contributed by atoms with Gasteiger partial charge in [-0.3, -0.25) is 9.59 Å². The van der Waals surface area contributed by atoms with Crippen LogP contribution in [0.4, 0.5) is 0 Å². The van der Waals surface area contributed by atoms with Crippen molar-refractivity contribution in [1.82, 2.24) is 15.1 Å². The molecule has 2 amide bonds. The maximum absolute atomic E-state index is 13.5. The number of nitrogens with one attached hydrogen (secondary N) is 1. The van der Waals surface area contributed by atoms with Gasteiger partial charge in [-0.15, -0.1) is 12.4 Å². The van der Waals surface area contributed by atoms with Crippen molar-refractivity contribution in [3.8, 4) is 5.75 Å². The number of methoxy groups -OCH3 is 1. The average Bonchev–Trinajstić information content (AvgIpc) is 3.19. The summed E-state index contributed by atoms with van der Waals surface area (Å²) in [6.07, 6.45) is 4.13. The fraction of sp³-hybridized carbons (Fsp3) is 0.667. The molecule has 0 aliphatic carbocycles. The first-order chi connectivity index (χ1) is 15.1. The average molecular weight is 464 g/mol. The Labute approximate surface area is 196 Å². The van der Waals surface area contributed by atoms with E-state index in [4.69, 9.17) is 9.47 Å². The minimum atomic E-state index is -0.298. The number of benzene rings is 1. The van der Waals surface area contributed by atoms with Gasteiger partial charge in [0.15, 0.2) is 0 Å². The molecule has 1 spiro atoms. The van der Waals surface area contributed by atoms with Gasteiger partial charge in [-0.05, 0) is 55.4 Å². The summed E-state index contributed by atoms with van der Waals surface area (Å²) < 4.78 is 11.8. The number of carbonyl (C=O) groups excluding carboxylic acids is 2. The van der Waals surface area contributed by atoms with Crippen LogP contribution in [-0.2, 0) is 26.3 Å². The summed E-state index contributed by atoms with van der Waals surface area (Å²) in [4.78, 5) is 30.0. The summed E-state index contributed by atoms with van der Waals surface area (Å²) in [7, 11) is 1.70. The van der Waals surface area contributed by atoms with Gasteiger partial charge in [0.25, 0.3) is 0 Å². The number of nitrogens with zero attached hydrogens (tertiary/aromatic N) is 2. The van der Waals surface area contributed by atoms with E-state index in [-0.39, 0.29) is 47.8 Å². The summed E-state index contributed by atoms with van der Waals surface area (Å²) in [6, 6.07) is 6.47. The number of rotatable bonds is 3. The summed E-state index contributed by atoms with van der Waals surface area (Å²) in [5.74, 6) is 1.15. The van der Waals surface area contributed by atoms with Gasteiger partial charge in [-0.1, -0.05) is 13.0 Å². The Morgan fingerprint density at radius 2 is 2.09 bits per heavy atom. The molecule has 1 aromatic carbocycles. The summed E-state index contributed by atoms with van der Waals surface area (Å²) >= 11 is 0. The normalized spacial score (nSPS) is 28.7. The minimum Gasteiger partial charge on any atom is -0.497 e. The van der Waals surface area contributed by atoms with Crippen LogP contribution in [0.1, 0.15) is 43.7 Å². The monoisotopic (exact) mass is 463 g/mol. The Morgan fingerprint density at radius 3 is 2.81 bits per heavy atom. The molecule has 3 fully saturated rings. The smallest absolute Gasteiger partial charge is 0.237 e. The molecule has 0 bridgehead atoms. The Bertz CT molecular complexity index is 871. The molecule has 1 N–H and O–H groups in total. The van der Waals surface area contributed by atoms with Gasteiger partial charge in [-0.25, -0.2) is 0 Å². The van der Waals surface area contributed by atoms with E-state index in [0.717, 1.165) is 44.4 Å². The van der Waals surface area contributed by atoms with Gasteiger partial charge in [0.1, 0.15) is 5.75 Å². The number of ether oxygens (including phenoxy) is 2. The Kier molecular flexibility index (Phi) is 6.71. The van der Waals surface area contributed by atoms with Crippen LogP contribution in [0.3, 0.4) is 0 Å². The van der Waals surface area contributed by atoms with E-state index in [9.17, 15) is 9.59 Å². The quantitative estimate of drug-likeness (QED) is 0.743. The lowest BCUT2D eigenvalue weighted by atomic mass is 9.79. The number of likely N-dealkylation sites (tertiary alicyclic amines) is 1. The maximum Gasteiger partial charge on any atom is 0.237 e. The molecular formula is C24H34ClN3O4. The number of carbonyl (C=O) groups is 2. The molecular weight excluding hydrogens is 430 g/mol. The second-order valence-corrected chi connectivity index (χ2v) is 9.34. The molecule has 3 saturated heterocycles. The minimum absolute atomic E-state index is 0. The molecule has 0 aromatic heterocycles. The van der Waals surface area contributed by atoms with Crippen LogP contribution in [-0.4, -0.2) is 73.6 Å².